The fourth-order valence-electron chi connectivity index (χ4n) is 1.93. The Hall–Kier alpha value is -1.67. The zero-order valence-electron chi connectivity index (χ0n) is 9.17. The molecule has 1 aliphatic rings. The maximum atomic E-state index is 9.49. The smallest absolute Gasteiger partial charge is 0.158 e. The minimum atomic E-state index is -0.281. The first kappa shape index (κ1) is 10.8. The Labute approximate surface area is 94.4 Å². The number of nitrogens with zero attached hydrogens (tertiary/aromatic N) is 4. The molecule has 0 aromatic carbocycles. The van der Waals surface area contributed by atoms with E-state index >= 15 is 0 Å². The van der Waals surface area contributed by atoms with E-state index < -0.39 is 0 Å². The highest BCUT2D eigenvalue weighted by molar-refractivity contribution is 5.38. The van der Waals surface area contributed by atoms with Gasteiger partial charge in [0.1, 0.15) is 11.9 Å². The maximum absolute atomic E-state index is 9.49. The molecular formula is C11H14N4O. The summed E-state index contributed by atoms with van der Waals surface area (Å²) < 4.78 is 0. The van der Waals surface area contributed by atoms with E-state index in [9.17, 15) is 5.11 Å². The Kier molecular flexibility index (Phi) is 3.02. The minimum Gasteiger partial charge on any atom is -0.393 e. The number of aliphatic hydroxyl groups excluding tert-OH is 1. The quantitative estimate of drug-likeness (QED) is 0.785. The average Bonchev–Trinajstić information content (AvgIpc) is 2.78. The second-order valence-electron chi connectivity index (χ2n) is 4.11. The van der Waals surface area contributed by atoms with Crippen molar-refractivity contribution in [3.8, 4) is 6.07 Å². The third kappa shape index (κ3) is 2.12. The van der Waals surface area contributed by atoms with Gasteiger partial charge in [0.05, 0.1) is 18.5 Å². The van der Waals surface area contributed by atoms with E-state index in [1.807, 2.05) is 13.0 Å². The summed E-state index contributed by atoms with van der Waals surface area (Å²) in [5.41, 5.74) is 0.329. The molecule has 0 aliphatic carbocycles. The topological polar surface area (TPSA) is 73.0 Å². The number of hydrogen-bond acceptors (Lipinski definition) is 5. The molecule has 16 heavy (non-hydrogen) atoms. The molecule has 1 aliphatic heterocycles. The summed E-state index contributed by atoms with van der Waals surface area (Å²) in [5.74, 6) is 1.08. The van der Waals surface area contributed by atoms with Crippen LogP contribution in [0.1, 0.15) is 19.0 Å². The van der Waals surface area contributed by atoms with Gasteiger partial charge in [0.2, 0.25) is 0 Å². The fraction of sp³-hybridized carbons (Fsp3) is 0.545. The zero-order valence-corrected chi connectivity index (χ0v) is 9.17. The number of hydrogen-bond donors (Lipinski definition) is 1. The highest BCUT2D eigenvalue weighted by Gasteiger charge is 2.26. The number of aliphatic hydroxyl groups is 1. The normalized spacial score (nSPS) is 21.8. The van der Waals surface area contributed by atoms with E-state index in [0.29, 0.717) is 11.6 Å². The van der Waals surface area contributed by atoms with Gasteiger partial charge in [-0.05, 0) is 13.3 Å². The van der Waals surface area contributed by atoms with Crippen molar-refractivity contribution in [3.05, 3.63) is 18.1 Å². The fourth-order valence-corrected chi connectivity index (χ4v) is 1.93. The van der Waals surface area contributed by atoms with Gasteiger partial charge in [0.25, 0.3) is 0 Å². The Morgan fingerprint density at radius 1 is 1.56 bits per heavy atom. The number of nitriles is 1. The van der Waals surface area contributed by atoms with Crippen molar-refractivity contribution in [2.75, 3.05) is 18.0 Å². The summed E-state index contributed by atoms with van der Waals surface area (Å²) >= 11 is 0. The first-order chi connectivity index (χ1) is 7.70. The highest BCUT2D eigenvalue weighted by atomic mass is 16.3. The Morgan fingerprint density at radius 2 is 2.38 bits per heavy atom. The van der Waals surface area contributed by atoms with Crippen molar-refractivity contribution >= 4 is 5.82 Å². The Morgan fingerprint density at radius 3 is 2.88 bits per heavy atom. The van der Waals surface area contributed by atoms with Crippen LogP contribution in [0, 0.1) is 17.2 Å². The second-order valence-corrected chi connectivity index (χ2v) is 4.11. The lowest BCUT2D eigenvalue weighted by Crippen LogP contribution is -2.24. The second kappa shape index (κ2) is 4.45. The van der Waals surface area contributed by atoms with Crippen molar-refractivity contribution in [1.82, 2.24) is 9.97 Å². The lowest BCUT2D eigenvalue weighted by molar-refractivity contribution is 0.136. The summed E-state index contributed by atoms with van der Waals surface area (Å²) in [6, 6.07) is 1.94. The van der Waals surface area contributed by atoms with Crippen LogP contribution in [0.3, 0.4) is 0 Å². The Balaban J connectivity index is 2.06. The predicted octanol–water partition coefficient (Wildman–Crippen LogP) is 0.555. The predicted molar refractivity (Wildman–Crippen MR) is 58.7 cm³/mol. The van der Waals surface area contributed by atoms with Gasteiger partial charge in [-0.15, -0.1) is 0 Å². The molecule has 84 valence electrons. The summed E-state index contributed by atoms with van der Waals surface area (Å²) in [6.07, 6.45) is 3.78. The van der Waals surface area contributed by atoms with Crippen LogP contribution in [0.5, 0.6) is 0 Å². The molecule has 5 heteroatoms. The number of aromatic nitrogens is 2. The van der Waals surface area contributed by atoms with E-state index in [1.165, 1.54) is 6.20 Å². The largest absolute Gasteiger partial charge is 0.393 e. The van der Waals surface area contributed by atoms with Gasteiger partial charge in [-0.3, -0.25) is 0 Å². The number of anilines is 1. The van der Waals surface area contributed by atoms with Crippen LogP contribution in [0.4, 0.5) is 5.82 Å². The van der Waals surface area contributed by atoms with Crippen LogP contribution in [-0.2, 0) is 0 Å². The van der Waals surface area contributed by atoms with E-state index in [-0.39, 0.29) is 6.10 Å². The molecule has 0 saturated carbocycles. The minimum absolute atomic E-state index is 0.281. The zero-order chi connectivity index (χ0) is 11.5. The SMILES string of the molecule is CC(O)C1CCN(c2cnc(C#N)cn2)C1. The summed E-state index contributed by atoms with van der Waals surface area (Å²) in [6.45, 7) is 3.51. The first-order valence-electron chi connectivity index (χ1n) is 5.36. The van der Waals surface area contributed by atoms with Crippen molar-refractivity contribution in [1.29, 1.82) is 5.26 Å². The highest BCUT2D eigenvalue weighted by Crippen LogP contribution is 2.23. The summed E-state index contributed by atoms with van der Waals surface area (Å²) in [7, 11) is 0. The van der Waals surface area contributed by atoms with Crippen LogP contribution in [-0.4, -0.2) is 34.3 Å². The molecule has 0 amide bonds. The van der Waals surface area contributed by atoms with Gasteiger partial charge in [-0.1, -0.05) is 0 Å². The molecule has 0 bridgehead atoms. The molecule has 1 saturated heterocycles. The molecule has 1 N–H and O–H groups in total. The van der Waals surface area contributed by atoms with E-state index in [2.05, 4.69) is 14.9 Å². The average molecular weight is 218 g/mol. The van der Waals surface area contributed by atoms with Gasteiger partial charge in [-0.2, -0.15) is 5.26 Å². The summed E-state index contributed by atoms with van der Waals surface area (Å²) in [5, 5.41) is 18.1. The number of rotatable bonds is 2. The van der Waals surface area contributed by atoms with Gasteiger partial charge in [-0.25, -0.2) is 9.97 Å². The Bertz CT molecular complexity index is 395. The third-order valence-corrected chi connectivity index (χ3v) is 2.98. The van der Waals surface area contributed by atoms with E-state index in [4.69, 9.17) is 5.26 Å². The molecule has 5 nitrogen and oxygen atoms in total. The van der Waals surface area contributed by atoms with Gasteiger partial charge in [0.15, 0.2) is 5.69 Å². The molecule has 2 heterocycles. The van der Waals surface area contributed by atoms with Crippen molar-refractivity contribution < 1.29 is 5.11 Å². The van der Waals surface area contributed by atoms with E-state index in [0.717, 1.165) is 25.3 Å². The van der Waals surface area contributed by atoms with Gasteiger partial charge >= 0.3 is 0 Å². The molecule has 2 unspecified atom stereocenters. The first-order valence-corrected chi connectivity index (χ1v) is 5.36. The molecule has 1 fully saturated rings. The lowest BCUT2D eigenvalue weighted by atomic mass is 10.0. The molecule has 1 aromatic heterocycles. The molecule has 0 spiro atoms. The molecule has 2 atom stereocenters. The molecule has 1 aromatic rings. The molecule has 0 radical (unpaired) electrons. The van der Waals surface area contributed by atoms with Crippen molar-refractivity contribution in [2.24, 2.45) is 5.92 Å². The van der Waals surface area contributed by atoms with Crippen LogP contribution in [0.15, 0.2) is 12.4 Å². The van der Waals surface area contributed by atoms with Crippen LogP contribution in [0.2, 0.25) is 0 Å². The van der Waals surface area contributed by atoms with Gasteiger partial charge < -0.3 is 10.0 Å². The summed E-state index contributed by atoms with van der Waals surface area (Å²) in [4.78, 5) is 10.3. The third-order valence-electron chi connectivity index (χ3n) is 2.98. The van der Waals surface area contributed by atoms with Crippen LogP contribution >= 0.6 is 0 Å². The van der Waals surface area contributed by atoms with Crippen LogP contribution < -0.4 is 4.90 Å². The lowest BCUT2D eigenvalue weighted by Gasteiger charge is -2.17. The monoisotopic (exact) mass is 218 g/mol. The van der Waals surface area contributed by atoms with Crippen molar-refractivity contribution in [2.45, 2.75) is 19.4 Å². The molecular weight excluding hydrogens is 204 g/mol. The maximum Gasteiger partial charge on any atom is 0.158 e. The van der Waals surface area contributed by atoms with Crippen LogP contribution in [0.25, 0.3) is 0 Å². The van der Waals surface area contributed by atoms with E-state index in [1.54, 1.807) is 6.20 Å². The van der Waals surface area contributed by atoms with Gasteiger partial charge in [0, 0.05) is 19.0 Å². The van der Waals surface area contributed by atoms with Crippen molar-refractivity contribution in [3.63, 3.8) is 0 Å². The standard InChI is InChI=1S/C11H14N4O/c1-8(16)9-2-3-15(7-9)11-6-13-10(4-12)5-14-11/h5-6,8-9,16H,2-3,7H2,1H3. The molecule has 2 rings (SSSR count).